The highest BCUT2D eigenvalue weighted by Crippen LogP contribution is 2.26. The first-order chi connectivity index (χ1) is 13.2. The first-order valence-corrected chi connectivity index (χ1v) is 10.5. The minimum Gasteiger partial charge on any atom is -0.396 e. The van der Waals surface area contributed by atoms with Crippen molar-refractivity contribution in [2.24, 2.45) is 11.8 Å². The van der Waals surface area contributed by atoms with Crippen LogP contribution in [0.1, 0.15) is 44.1 Å². The van der Waals surface area contributed by atoms with E-state index in [9.17, 15) is 14.3 Å². The molecule has 0 bridgehead atoms. The molecule has 2 aliphatic heterocycles. The van der Waals surface area contributed by atoms with E-state index < -0.39 is 0 Å². The van der Waals surface area contributed by atoms with Crippen LogP contribution in [0.15, 0.2) is 24.3 Å². The van der Waals surface area contributed by atoms with Crippen molar-refractivity contribution in [3.05, 3.63) is 35.6 Å². The second-order valence-electron chi connectivity index (χ2n) is 8.20. The number of benzene rings is 1. The lowest BCUT2D eigenvalue weighted by Gasteiger charge is -2.26. The number of carbonyl (C=O) groups is 1. The van der Waals surface area contributed by atoms with Gasteiger partial charge in [0.2, 0.25) is 5.91 Å². The summed E-state index contributed by atoms with van der Waals surface area (Å²) in [7, 11) is 0. The Labute approximate surface area is 162 Å². The number of amides is 1. The number of nitrogens with zero attached hydrogens (tertiary/aromatic N) is 2. The Hall–Kier alpha value is -1.46. The third kappa shape index (κ3) is 6.01. The van der Waals surface area contributed by atoms with Crippen molar-refractivity contribution in [1.82, 2.24) is 9.80 Å². The van der Waals surface area contributed by atoms with Crippen molar-refractivity contribution in [1.29, 1.82) is 0 Å². The standard InChI is InChI=1S/C22H33FN2O2/c23-21-10-8-18(9-11-21)6-5-7-22(27)25-15-19(20(16-25)17-26)14-24-12-3-1-2-4-13-24/h8-11,19-20,26H,1-7,12-17H2/t19-,20-/m1/s1. The van der Waals surface area contributed by atoms with Gasteiger partial charge < -0.3 is 14.9 Å². The zero-order valence-corrected chi connectivity index (χ0v) is 16.3. The molecule has 0 aromatic heterocycles. The number of rotatable bonds is 7. The van der Waals surface area contributed by atoms with E-state index >= 15 is 0 Å². The predicted molar refractivity (Wildman–Crippen MR) is 105 cm³/mol. The van der Waals surface area contributed by atoms with Gasteiger partial charge in [0.05, 0.1) is 0 Å². The number of likely N-dealkylation sites (tertiary alicyclic amines) is 2. The number of aryl methyl sites for hydroxylation is 1. The molecule has 2 heterocycles. The van der Waals surface area contributed by atoms with Crippen molar-refractivity contribution < 1.29 is 14.3 Å². The SMILES string of the molecule is O=C(CCCc1ccc(F)cc1)N1C[C@@H](CN2CCCCCC2)[C@@H](CO)C1. The molecule has 0 spiro atoms. The maximum atomic E-state index is 13.0. The van der Waals surface area contributed by atoms with E-state index in [0.717, 1.165) is 44.6 Å². The number of aliphatic hydroxyl groups is 1. The molecule has 4 nitrogen and oxygen atoms in total. The van der Waals surface area contributed by atoms with Gasteiger partial charge in [0.1, 0.15) is 5.82 Å². The van der Waals surface area contributed by atoms with E-state index in [4.69, 9.17) is 0 Å². The van der Waals surface area contributed by atoms with Gasteiger partial charge in [0.25, 0.3) is 0 Å². The molecule has 2 fully saturated rings. The van der Waals surface area contributed by atoms with E-state index in [1.54, 1.807) is 12.1 Å². The van der Waals surface area contributed by atoms with Gasteiger partial charge in [0.15, 0.2) is 0 Å². The predicted octanol–water partition coefficient (Wildman–Crippen LogP) is 3.09. The number of hydrogen-bond acceptors (Lipinski definition) is 3. The molecule has 27 heavy (non-hydrogen) atoms. The summed E-state index contributed by atoms with van der Waals surface area (Å²) in [5, 5.41) is 9.78. The fourth-order valence-corrected chi connectivity index (χ4v) is 4.46. The van der Waals surface area contributed by atoms with Crippen LogP contribution >= 0.6 is 0 Å². The van der Waals surface area contributed by atoms with Crippen LogP contribution in [-0.2, 0) is 11.2 Å². The largest absolute Gasteiger partial charge is 0.396 e. The molecule has 5 heteroatoms. The Balaban J connectivity index is 1.45. The fourth-order valence-electron chi connectivity index (χ4n) is 4.46. The van der Waals surface area contributed by atoms with Gasteiger partial charge in [0, 0.05) is 38.6 Å². The molecule has 0 radical (unpaired) electrons. The van der Waals surface area contributed by atoms with Gasteiger partial charge >= 0.3 is 0 Å². The summed E-state index contributed by atoms with van der Waals surface area (Å²) in [5.41, 5.74) is 1.07. The van der Waals surface area contributed by atoms with Crippen LogP contribution in [0.4, 0.5) is 4.39 Å². The molecule has 2 saturated heterocycles. The minimum absolute atomic E-state index is 0.165. The molecule has 1 amide bonds. The van der Waals surface area contributed by atoms with Crippen molar-refractivity contribution >= 4 is 5.91 Å². The Morgan fingerprint density at radius 3 is 2.37 bits per heavy atom. The topological polar surface area (TPSA) is 43.8 Å². The molecule has 0 saturated carbocycles. The highest BCUT2D eigenvalue weighted by Gasteiger charge is 2.35. The molecule has 0 aliphatic carbocycles. The molecular weight excluding hydrogens is 343 g/mol. The van der Waals surface area contributed by atoms with Gasteiger partial charge in [-0.1, -0.05) is 25.0 Å². The summed E-state index contributed by atoms with van der Waals surface area (Å²) in [6, 6.07) is 6.51. The van der Waals surface area contributed by atoms with Gasteiger partial charge in [-0.15, -0.1) is 0 Å². The zero-order chi connectivity index (χ0) is 19.1. The number of aliphatic hydroxyl groups excluding tert-OH is 1. The maximum absolute atomic E-state index is 13.0. The fraction of sp³-hybridized carbons (Fsp3) is 0.682. The quantitative estimate of drug-likeness (QED) is 0.795. The first kappa shape index (κ1) is 20.3. The molecule has 150 valence electrons. The summed E-state index contributed by atoms with van der Waals surface area (Å²) in [6.45, 7) is 4.93. The molecule has 1 aromatic carbocycles. The summed E-state index contributed by atoms with van der Waals surface area (Å²) in [4.78, 5) is 17.1. The van der Waals surface area contributed by atoms with Crippen LogP contribution in [-0.4, -0.2) is 60.1 Å². The van der Waals surface area contributed by atoms with Crippen molar-refractivity contribution in [2.75, 3.05) is 39.3 Å². The molecule has 2 atom stereocenters. The Morgan fingerprint density at radius 2 is 1.70 bits per heavy atom. The highest BCUT2D eigenvalue weighted by atomic mass is 19.1. The third-order valence-electron chi connectivity index (χ3n) is 6.12. The number of hydrogen-bond donors (Lipinski definition) is 1. The van der Waals surface area contributed by atoms with E-state index in [2.05, 4.69) is 4.90 Å². The van der Waals surface area contributed by atoms with Crippen LogP contribution in [0, 0.1) is 17.7 Å². The maximum Gasteiger partial charge on any atom is 0.222 e. The summed E-state index contributed by atoms with van der Waals surface area (Å²) >= 11 is 0. The summed E-state index contributed by atoms with van der Waals surface area (Å²) in [6.07, 6.45) is 7.27. The molecule has 3 rings (SSSR count). The minimum atomic E-state index is -0.225. The average molecular weight is 377 g/mol. The van der Waals surface area contributed by atoms with E-state index in [0.29, 0.717) is 18.9 Å². The second-order valence-corrected chi connectivity index (χ2v) is 8.20. The summed E-state index contributed by atoms with van der Waals surface area (Å²) < 4.78 is 13.0. The molecule has 1 N–H and O–H groups in total. The zero-order valence-electron chi connectivity index (χ0n) is 16.3. The average Bonchev–Trinajstić information content (AvgIpc) is 2.90. The van der Waals surface area contributed by atoms with E-state index in [1.807, 2.05) is 4.90 Å². The van der Waals surface area contributed by atoms with Crippen LogP contribution in [0.5, 0.6) is 0 Å². The molecular formula is C22H33FN2O2. The number of carbonyl (C=O) groups excluding carboxylic acids is 1. The van der Waals surface area contributed by atoms with Gasteiger partial charge in [-0.05, 0) is 62.4 Å². The Kier molecular flexibility index (Phi) is 7.65. The summed E-state index contributed by atoms with van der Waals surface area (Å²) in [5.74, 6) is 0.551. The first-order valence-electron chi connectivity index (χ1n) is 10.5. The Bertz CT molecular complexity index is 584. The van der Waals surface area contributed by atoms with Crippen molar-refractivity contribution in [3.8, 4) is 0 Å². The lowest BCUT2D eigenvalue weighted by molar-refractivity contribution is -0.130. The van der Waals surface area contributed by atoms with Gasteiger partial charge in [-0.25, -0.2) is 4.39 Å². The lowest BCUT2D eigenvalue weighted by atomic mass is 9.96. The van der Waals surface area contributed by atoms with Gasteiger partial charge in [-0.2, -0.15) is 0 Å². The normalized spacial score (nSPS) is 24.1. The van der Waals surface area contributed by atoms with E-state index in [1.165, 1.54) is 37.8 Å². The molecule has 0 unspecified atom stereocenters. The van der Waals surface area contributed by atoms with E-state index in [-0.39, 0.29) is 24.2 Å². The van der Waals surface area contributed by atoms with Crippen LogP contribution in [0.3, 0.4) is 0 Å². The monoisotopic (exact) mass is 376 g/mol. The Morgan fingerprint density at radius 1 is 1.04 bits per heavy atom. The second kappa shape index (κ2) is 10.2. The lowest BCUT2D eigenvalue weighted by Crippen LogP contribution is -2.35. The van der Waals surface area contributed by atoms with Crippen LogP contribution in [0.25, 0.3) is 0 Å². The molecule has 2 aliphatic rings. The van der Waals surface area contributed by atoms with Gasteiger partial charge in [-0.3, -0.25) is 4.79 Å². The van der Waals surface area contributed by atoms with Crippen LogP contribution < -0.4 is 0 Å². The molecule has 1 aromatic rings. The van der Waals surface area contributed by atoms with Crippen LogP contribution in [0.2, 0.25) is 0 Å². The van der Waals surface area contributed by atoms with Crippen molar-refractivity contribution in [3.63, 3.8) is 0 Å². The number of halogens is 1. The van der Waals surface area contributed by atoms with Crippen molar-refractivity contribution in [2.45, 2.75) is 44.9 Å². The highest BCUT2D eigenvalue weighted by molar-refractivity contribution is 5.76. The third-order valence-corrected chi connectivity index (χ3v) is 6.12. The smallest absolute Gasteiger partial charge is 0.222 e.